The summed E-state index contributed by atoms with van der Waals surface area (Å²) in [5.74, 6) is -1.04. The van der Waals surface area contributed by atoms with Gasteiger partial charge in [0.25, 0.3) is 0 Å². The Kier molecular flexibility index (Phi) is 4.51. The molecule has 0 heterocycles. The first-order valence-electron chi connectivity index (χ1n) is 5.16. The molecule has 0 spiro atoms. The van der Waals surface area contributed by atoms with Gasteiger partial charge in [0.1, 0.15) is 5.75 Å². The van der Waals surface area contributed by atoms with Crippen molar-refractivity contribution in [3.05, 3.63) is 29.8 Å². The normalized spacial score (nSPS) is 11.6. The van der Waals surface area contributed by atoms with Gasteiger partial charge in [-0.3, -0.25) is 0 Å². The first-order chi connectivity index (χ1) is 8.08. The molecule has 1 atom stereocenters. The number of ether oxygens (including phenoxy) is 2. The Morgan fingerprint density at radius 1 is 1.29 bits per heavy atom. The fourth-order valence-electron chi connectivity index (χ4n) is 1.26. The summed E-state index contributed by atoms with van der Waals surface area (Å²) in [7, 11) is 1.30. The molecular formula is C12H14O5. The van der Waals surface area contributed by atoms with Crippen LogP contribution in [0.15, 0.2) is 24.3 Å². The van der Waals surface area contributed by atoms with Gasteiger partial charge >= 0.3 is 11.9 Å². The molecular weight excluding hydrogens is 224 g/mol. The third-order valence-corrected chi connectivity index (χ3v) is 2.20. The molecule has 0 saturated heterocycles. The lowest BCUT2D eigenvalue weighted by Crippen LogP contribution is -2.25. The van der Waals surface area contributed by atoms with E-state index in [1.54, 1.807) is 6.92 Å². The quantitative estimate of drug-likeness (QED) is 0.790. The van der Waals surface area contributed by atoms with E-state index < -0.39 is 18.0 Å². The summed E-state index contributed by atoms with van der Waals surface area (Å²) in [5.41, 5.74) is 0.392. The van der Waals surface area contributed by atoms with E-state index >= 15 is 0 Å². The monoisotopic (exact) mass is 238 g/mol. The Morgan fingerprint density at radius 2 is 1.88 bits per heavy atom. The molecule has 0 amide bonds. The zero-order chi connectivity index (χ0) is 12.8. The number of carboxylic acid groups (broad SMARTS) is 1. The SMILES string of the molecule is CCC(Oc1ccc(C(=O)OC)cc1)C(=O)O. The summed E-state index contributed by atoms with van der Waals surface area (Å²) in [4.78, 5) is 21.9. The Hall–Kier alpha value is -2.04. The molecule has 0 bridgehead atoms. The van der Waals surface area contributed by atoms with Crippen molar-refractivity contribution in [3.8, 4) is 5.75 Å². The van der Waals surface area contributed by atoms with Gasteiger partial charge in [-0.25, -0.2) is 9.59 Å². The molecule has 1 rings (SSSR count). The molecule has 0 saturated carbocycles. The summed E-state index contributed by atoms with van der Waals surface area (Å²) >= 11 is 0. The van der Waals surface area contributed by atoms with E-state index in [0.717, 1.165) is 0 Å². The van der Waals surface area contributed by atoms with Gasteiger partial charge in [-0.1, -0.05) is 6.92 Å². The van der Waals surface area contributed by atoms with Crippen LogP contribution < -0.4 is 4.74 Å². The maximum Gasteiger partial charge on any atom is 0.344 e. The summed E-state index contributed by atoms with van der Waals surface area (Å²) in [5, 5.41) is 8.82. The third kappa shape index (κ3) is 3.48. The predicted octanol–water partition coefficient (Wildman–Crippen LogP) is 1.72. The molecule has 0 fully saturated rings. The highest BCUT2D eigenvalue weighted by Crippen LogP contribution is 2.15. The standard InChI is InChI=1S/C12H14O5/c1-3-10(11(13)14)17-9-6-4-8(5-7-9)12(15)16-2/h4-7,10H,3H2,1-2H3,(H,13,14). The van der Waals surface area contributed by atoms with Crippen molar-refractivity contribution >= 4 is 11.9 Å². The number of rotatable bonds is 5. The summed E-state index contributed by atoms with van der Waals surface area (Å²) < 4.78 is 9.78. The largest absolute Gasteiger partial charge is 0.479 e. The van der Waals surface area contributed by atoms with Crippen LogP contribution in [0.3, 0.4) is 0 Å². The molecule has 17 heavy (non-hydrogen) atoms. The second-order valence-corrected chi connectivity index (χ2v) is 3.37. The van der Waals surface area contributed by atoms with E-state index in [1.807, 2.05) is 0 Å². The van der Waals surface area contributed by atoms with E-state index in [2.05, 4.69) is 4.74 Å². The molecule has 1 aromatic carbocycles. The zero-order valence-corrected chi connectivity index (χ0v) is 9.67. The Labute approximate surface area is 99.0 Å². The fourth-order valence-corrected chi connectivity index (χ4v) is 1.26. The van der Waals surface area contributed by atoms with Gasteiger partial charge in [0.05, 0.1) is 12.7 Å². The molecule has 0 aliphatic carbocycles. The number of carbonyl (C=O) groups excluding carboxylic acids is 1. The lowest BCUT2D eigenvalue weighted by Gasteiger charge is -2.13. The van der Waals surface area contributed by atoms with Gasteiger partial charge in [0.2, 0.25) is 0 Å². The molecule has 0 aliphatic rings. The van der Waals surface area contributed by atoms with Crippen LogP contribution in [-0.4, -0.2) is 30.3 Å². The van der Waals surface area contributed by atoms with Crippen LogP contribution in [0.5, 0.6) is 5.75 Å². The van der Waals surface area contributed by atoms with Crippen LogP contribution >= 0.6 is 0 Å². The molecule has 0 radical (unpaired) electrons. The minimum Gasteiger partial charge on any atom is -0.479 e. The number of methoxy groups -OCH3 is 1. The molecule has 0 aromatic heterocycles. The number of carbonyl (C=O) groups is 2. The highest BCUT2D eigenvalue weighted by Gasteiger charge is 2.16. The van der Waals surface area contributed by atoms with Gasteiger partial charge in [0, 0.05) is 0 Å². The van der Waals surface area contributed by atoms with Crippen LogP contribution in [0.1, 0.15) is 23.7 Å². The van der Waals surface area contributed by atoms with E-state index in [-0.39, 0.29) is 0 Å². The lowest BCUT2D eigenvalue weighted by molar-refractivity contribution is -0.145. The maximum atomic E-state index is 11.2. The lowest BCUT2D eigenvalue weighted by atomic mass is 10.2. The average molecular weight is 238 g/mol. The van der Waals surface area contributed by atoms with Gasteiger partial charge in [-0.05, 0) is 30.7 Å². The zero-order valence-electron chi connectivity index (χ0n) is 9.67. The van der Waals surface area contributed by atoms with Crippen molar-refractivity contribution in [2.45, 2.75) is 19.4 Å². The van der Waals surface area contributed by atoms with E-state index in [9.17, 15) is 9.59 Å². The number of hydrogen-bond acceptors (Lipinski definition) is 4. The third-order valence-electron chi connectivity index (χ3n) is 2.20. The summed E-state index contributed by atoms with van der Waals surface area (Å²) in [6.07, 6.45) is -0.507. The molecule has 5 heteroatoms. The van der Waals surface area contributed by atoms with Gasteiger partial charge in [-0.15, -0.1) is 0 Å². The minimum atomic E-state index is -1.01. The van der Waals surface area contributed by atoms with Crippen LogP contribution in [-0.2, 0) is 9.53 Å². The topological polar surface area (TPSA) is 72.8 Å². The van der Waals surface area contributed by atoms with Crippen molar-refractivity contribution in [1.29, 1.82) is 0 Å². The molecule has 1 N–H and O–H groups in total. The number of carboxylic acids is 1. The van der Waals surface area contributed by atoms with Crippen molar-refractivity contribution in [3.63, 3.8) is 0 Å². The van der Waals surface area contributed by atoms with E-state index in [1.165, 1.54) is 31.4 Å². The van der Waals surface area contributed by atoms with Crippen molar-refractivity contribution in [1.82, 2.24) is 0 Å². The van der Waals surface area contributed by atoms with Crippen molar-refractivity contribution in [2.75, 3.05) is 7.11 Å². The first-order valence-corrected chi connectivity index (χ1v) is 5.16. The van der Waals surface area contributed by atoms with Gasteiger partial charge in [-0.2, -0.15) is 0 Å². The summed E-state index contributed by atoms with van der Waals surface area (Å²) in [6.45, 7) is 1.72. The van der Waals surface area contributed by atoms with Crippen molar-refractivity contribution in [2.24, 2.45) is 0 Å². The molecule has 1 aromatic rings. The van der Waals surface area contributed by atoms with Gasteiger partial charge in [0.15, 0.2) is 6.10 Å². The predicted molar refractivity (Wildman–Crippen MR) is 60.1 cm³/mol. The van der Waals surface area contributed by atoms with Gasteiger partial charge < -0.3 is 14.6 Å². The average Bonchev–Trinajstić information content (AvgIpc) is 2.35. The van der Waals surface area contributed by atoms with Crippen LogP contribution in [0.2, 0.25) is 0 Å². The number of hydrogen-bond donors (Lipinski definition) is 1. The van der Waals surface area contributed by atoms with E-state index in [4.69, 9.17) is 9.84 Å². The van der Waals surface area contributed by atoms with Crippen LogP contribution in [0, 0.1) is 0 Å². The molecule has 92 valence electrons. The van der Waals surface area contributed by atoms with Crippen LogP contribution in [0.25, 0.3) is 0 Å². The second-order valence-electron chi connectivity index (χ2n) is 3.37. The van der Waals surface area contributed by atoms with Crippen molar-refractivity contribution < 1.29 is 24.2 Å². The smallest absolute Gasteiger partial charge is 0.344 e. The number of benzene rings is 1. The molecule has 5 nitrogen and oxygen atoms in total. The van der Waals surface area contributed by atoms with E-state index in [0.29, 0.717) is 17.7 Å². The molecule has 1 unspecified atom stereocenters. The summed E-state index contributed by atoms with van der Waals surface area (Å²) in [6, 6.07) is 6.13. The molecule has 0 aliphatic heterocycles. The Balaban J connectivity index is 2.74. The number of aliphatic carboxylic acids is 1. The highest BCUT2D eigenvalue weighted by atomic mass is 16.5. The number of esters is 1. The fraction of sp³-hybridized carbons (Fsp3) is 0.333. The Morgan fingerprint density at radius 3 is 2.29 bits per heavy atom. The minimum absolute atomic E-state index is 0.369. The first kappa shape index (κ1) is 13.0. The maximum absolute atomic E-state index is 11.2. The van der Waals surface area contributed by atoms with Crippen LogP contribution in [0.4, 0.5) is 0 Å². The Bertz CT molecular complexity index is 396. The second kappa shape index (κ2) is 5.89. The highest BCUT2D eigenvalue weighted by molar-refractivity contribution is 5.89.